The molecule has 1 N–H and O–H groups in total. The third kappa shape index (κ3) is 3.43. The Morgan fingerprint density at radius 2 is 2.33 bits per heavy atom. The maximum absolute atomic E-state index is 11.7. The van der Waals surface area contributed by atoms with Gasteiger partial charge in [0.25, 0.3) is 11.6 Å². The highest BCUT2D eigenvalue weighted by molar-refractivity contribution is 6.32. The van der Waals surface area contributed by atoms with Gasteiger partial charge < -0.3 is 5.32 Å². The van der Waals surface area contributed by atoms with Gasteiger partial charge in [0.2, 0.25) is 0 Å². The van der Waals surface area contributed by atoms with Gasteiger partial charge in [-0.1, -0.05) is 11.6 Å². The number of nitrogens with one attached hydrogen (secondary N) is 1. The van der Waals surface area contributed by atoms with Crippen molar-refractivity contribution < 1.29 is 9.72 Å². The molecular weight excluding hydrogens is 258 g/mol. The molecule has 0 spiro atoms. The third-order valence-electron chi connectivity index (χ3n) is 2.18. The molecule has 18 heavy (non-hydrogen) atoms. The van der Waals surface area contributed by atoms with Gasteiger partial charge in [-0.15, -0.1) is 0 Å². The van der Waals surface area contributed by atoms with Crippen LogP contribution in [0.3, 0.4) is 0 Å². The molecule has 0 radical (unpaired) electrons. The Balaban J connectivity index is 2.91. The zero-order valence-corrected chi connectivity index (χ0v) is 10.3. The SMILES string of the molecule is CC(CC#N)NC(=O)c1ccc(Cl)c([N+](=O)[O-])c1. The Labute approximate surface area is 108 Å². The summed E-state index contributed by atoms with van der Waals surface area (Å²) >= 11 is 5.63. The van der Waals surface area contributed by atoms with Crippen LogP contribution in [-0.2, 0) is 0 Å². The number of nitriles is 1. The van der Waals surface area contributed by atoms with Crippen molar-refractivity contribution in [3.8, 4) is 6.07 Å². The fourth-order valence-electron chi connectivity index (χ4n) is 1.29. The first-order valence-electron chi connectivity index (χ1n) is 5.07. The number of hydrogen-bond acceptors (Lipinski definition) is 4. The van der Waals surface area contributed by atoms with Crippen molar-refractivity contribution in [3.05, 3.63) is 38.9 Å². The molecule has 0 aromatic heterocycles. The van der Waals surface area contributed by atoms with Crippen LogP contribution < -0.4 is 5.32 Å². The molecule has 1 aromatic rings. The van der Waals surface area contributed by atoms with E-state index < -0.39 is 10.8 Å². The lowest BCUT2D eigenvalue weighted by Gasteiger charge is -2.10. The maximum Gasteiger partial charge on any atom is 0.288 e. The molecule has 0 fully saturated rings. The van der Waals surface area contributed by atoms with Gasteiger partial charge in [-0.05, 0) is 19.1 Å². The number of nitrogens with zero attached hydrogens (tertiary/aromatic N) is 2. The van der Waals surface area contributed by atoms with Gasteiger partial charge in [-0.2, -0.15) is 5.26 Å². The van der Waals surface area contributed by atoms with Crippen LogP contribution in [0.25, 0.3) is 0 Å². The van der Waals surface area contributed by atoms with Crippen molar-refractivity contribution in [1.82, 2.24) is 5.32 Å². The van der Waals surface area contributed by atoms with Gasteiger partial charge in [-0.3, -0.25) is 14.9 Å². The van der Waals surface area contributed by atoms with E-state index in [0.29, 0.717) is 0 Å². The monoisotopic (exact) mass is 267 g/mol. The number of hydrogen-bond donors (Lipinski definition) is 1. The average molecular weight is 268 g/mol. The summed E-state index contributed by atoms with van der Waals surface area (Å²) in [6, 6.07) is 5.39. The zero-order valence-electron chi connectivity index (χ0n) is 9.51. The van der Waals surface area contributed by atoms with Crippen molar-refractivity contribution in [1.29, 1.82) is 5.26 Å². The fourth-order valence-corrected chi connectivity index (χ4v) is 1.48. The van der Waals surface area contributed by atoms with Gasteiger partial charge in [0.05, 0.1) is 17.4 Å². The Bertz CT molecular complexity index is 525. The molecule has 1 amide bonds. The van der Waals surface area contributed by atoms with Crippen molar-refractivity contribution in [3.63, 3.8) is 0 Å². The van der Waals surface area contributed by atoms with Crippen molar-refractivity contribution >= 4 is 23.2 Å². The molecule has 0 aliphatic carbocycles. The summed E-state index contributed by atoms with van der Waals surface area (Å²) < 4.78 is 0. The van der Waals surface area contributed by atoms with E-state index in [9.17, 15) is 14.9 Å². The molecule has 0 aliphatic rings. The second kappa shape index (κ2) is 5.98. The normalized spacial score (nSPS) is 11.4. The lowest BCUT2D eigenvalue weighted by molar-refractivity contribution is -0.384. The number of rotatable bonds is 4. The number of amides is 1. The first-order chi connectivity index (χ1) is 8.45. The molecule has 1 unspecified atom stereocenters. The van der Waals surface area contributed by atoms with Crippen LogP contribution >= 0.6 is 11.6 Å². The number of benzene rings is 1. The standard InChI is InChI=1S/C11H10ClN3O3/c1-7(4-5-13)14-11(16)8-2-3-9(12)10(6-8)15(17)18/h2-3,6-7H,4H2,1H3,(H,14,16). The zero-order chi connectivity index (χ0) is 13.7. The molecule has 1 atom stereocenters. The van der Waals surface area contributed by atoms with E-state index in [2.05, 4.69) is 5.32 Å². The summed E-state index contributed by atoms with van der Waals surface area (Å²) in [6.07, 6.45) is 0.168. The molecule has 94 valence electrons. The van der Waals surface area contributed by atoms with E-state index >= 15 is 0 Å². The summed E-state index contributed by atoms with van der Waals surface area (Å²) in [4.78, 5) is 21.7. The van der Waals surface area contributed by atoms with Crippen LogP contribution in [0, 0.1) is 21.4 Å². The lowest BCUT2D eigenvalue weighted by atomic mass is 10.1. The van der Waals surface area contributed by atoms with E-state index in [-0.39, 0.29) is 28.7 Å². The van der Waals surface area contributed by atoms with E-state index in [1.807, 2.05) is 6.07 Å². The molecule has 0 aliphatic heterocycles. The van der Waals surface area contributed by atoms with Crippen LogP contribution in [0.4, 0.5) is 5.69 Å². The molecular formula is C11H10ClN3O3. The van der Waals surface area contributed by atoms with Crippen LogP contribution in [0.2, 0.25) is 5.02 Å². The van der Waals surface area contributed by atoms with E-state index in [1.54, 1.807) is 6.92 Å². The van der Waals surface area contributed by atoms with Gasteiger partial charge in [0, 0.05) is 17.7 Å². The fraction of sp³-hybridized carbons (Fsp3) is 0.273. The Kier molecular flexibility index (Phi) is 4.63. The highest BCUT2D eigenvalue weighted by Crippen LogP contribution is 2.25. The van der Waals surface area contributed by atoms with Crippen LogP contribution in [0.15, 0.2) is 18.2 Å². The Hall–Kier alpha value is -2.13. The number of halogens is 1. The van der Waals surface area contributed by atoms with Gasteiger partial charge in [0.15, 0.2) is 0 Å². The molecule has 0 bridgehead atoms. The molecule has 6 nitrogen and oxygen atoms in total. The lowest BCUT2D eigenvalue weighted by Crippen LogP contribution is -2.32. The number of carbonyl (C=O) groups is 1. The topological polar surface area (TPSA) is 96.0 Å². The van der Waals surface area contributed by atoms with Crippen LogP contribution in [-0.4, -0.2) is 16.9 Å². The van der Waals surface area contributed by atoms with Crippen LogP contribution in [0.5, 0.6) is 0 Å². The van der Waals surface area contributed by atoms with Gasteiger partial charge in [-0.25, -0.2) is 0 Å². The number of nitro benzene ring substituents is 1. The maximum atomic E-state index is 11.7. The summed E-state index contributed by atoms with van der Waals surface area (Å²) in [5, 5.41) is 21.7. The summed E-state index contributed by atoms with van der Waals surface area (Å²) in [7, 11) is 0. The molecule has 0 saturated heterocycles. The van der Waals surface area contributed by atoms with E-state index in [0.717, 1.165) is 6.07 Å². The van der Waals surface area contributed by atoms with E-state index in [1.165, 1.54) is 12.1 Å². The average Bonchev–Trinajstić information content (AvgIpc) is 2.29. The Morgan fingerprint density at radius 3 is 2.89 bits per heavy atom. The second-order valence-corrected chi connectivity index (χ2v) is 4.07. The minimum atomic E-state index is -0.655. The van der Waals surface area contributed by atoms with Gasteiger partial charge in [0.1, 0.15) is 5.02 Å². The van der Waals surface area contributed by atoms with E-state index in [4.69, 9.17) is 16.9 Å². The first kappa shape index (κ1) is 13.9. The minimum Gasteiger partial charge on any atom is -0.349 e. The minimum absolute atomic E-state index is 0.0263. The van der Waals surface area contributed by atoms with Crippen molar-refractivity contribution in [2.45, 2.75) is 19.4 Å². The van der Waals surface area contributed by atoms with Crippen LogP contribution in [0.1, 0.15) is 23.7 Å². The van der Waals surface area contributed by atoms with Crippen molar-refractivity contribution in [2.24, 2.45) is 0 Å². The summed E-state index contributed by atoms with van der Waals surface area (Å²) in [5.41, 5.74) is -0.187. The van der Waals surface area contributed by atoms with Crippen molar-refractivity contribution in [2.75, 3.05) is 0 Å². The third-order valence-corrected chi connectivity index (χ3v) is 2.50. The largest absolute Gasteiger partial charge is 0.349 e. The number of carbonyl (C=O) groups excluding carboxylic acids is 1. The Morgan fingerprint density at radius 1 is 1.67 bits per heavy atom. The highest BCUT2D eigenvalue weighted by atomic mass is 35.5. The predicted molar refractivity (Wildman–Crippen MR) is 65.3 cm³/mol. The smallest absolute Gasteiger partial charge is 0.288 e. The summed E-state index contributed by atoms with van der Waals surface area (Å²) in [5.74, 6) is -0.475. The molecule has 0 heterocycles. The molecule has 7 heteroatoms. The predicted octanol–water partition coefficient (Wildman–Crippen LogP) is 2.28. The molecule has 0 saturated carbocycles. The van der Waals surface area contributed by atoms with Gasteiger partial charge >= 0.3 is 0 Å². The number of nitro groups is 1. The molecule has 1 aromatic carbocycles. The molecule has 1 rings (SSSR count). The second-order valence-electron chi connectivity index (χ2n) is 3.66. The first-order valence-corrected chi connectivity index (χ1v) is 5.45. The summed E-state index contributed by atoms with van der Waals surface area (Å²) in [6.45, 7) is 1.67. The quantitative estimate of drug-likeness (QED) is 0.668. The highest BCUT2D eigenvalue weighted by Gasteiger charge is 2.17.